The lowest BCUT2D eigenvalue weighted by Crippen LogP contribution is -2.38. The standard InChI is InChI=1S/C20H14F6NO/c1-12-6-7-27(17-5-3-2-4-16(12)17)11-18(28)13-8-14(19(21,22)23)10-15(9-13)20(24,25)26/h2-10H,11H2,1H3/q+1. The maximum absolute atomic E-state index is 13.0. The number of aromatic nitrogens is 1. The number of aryl methyl sites for hydroxylation is 1. The molecule has 1 heterocycles. The summed E-state index contributed by atoms with van der Waals surface area (Å²) >= 11 is 0. The second-order valence-electron chi connectivity index (χ2n) is 6.36. The minimum atomic E-state index is -5.00. The molecule has 0 bridgehead atoms. The van der Waals surface area contributed by atoms with Crippen LogP contribution < -0.4 is 4.57 Å². The van der Waals surface area contributed by atoms with E-state index in [2.05, 4.69) is 0 Å². The molecule has 0 aliphatic heterocycles. The van der Waals surface area contributed by atoms with E-state index in [9.17, 15) is 31.1 Å². The van der Waals surface area contributed by atoms with Crippen molar-refractivity contribution in [1.82, 2.24) is 0 Å². The summed E-state index contributed by atoms with van der Waals surface area (Å²) in [6, 6.07) is 9.70. The van der Waals surface area contributed by atoms with Crippen LogP contribution in [0.15, 0.2) is 54.7 Å². The molecule has 0 saturated heterocycles. The van der Waals surface area contributed by atoms with Crippen molar-refractivity contribution in [3.05, 3.63) is 77.0 Å². The van der Waals surface area contributed by atoms with Crippen LogP contribution in [0.1, 0.15) is 27.0 Å². The molecule has 8 heteroatoms. The topological polar surface area (TPSA) is 20.9 Å². The Labute approximate surface area is 156 Å². The van der Waals surface area contributed by atoms with E-state index in [1.54, 1.807) is 30.5 Å². The normalized spacial score (nSPS) is 12.4. The number of carbonyl (C=O) groups is 1. The zero-order valence-electron chi connectivity index (χ0n) is 14.5. The van der Waals surface area contributed by atoms with Gasteiger partial charge in [-0.1, -0.05) is 12.1 Å². The summed E-state index contributed by atoms with van der Waals surface area (Å²) in [6.07, 6.45) is -8.42. The van der Waals surface area contributed by atoms with E-state index < -0.39 is 34.8 Å². The van der Waals surface area contributed by atoms with Gasteiger partial charge >= 0.3 is 12.4 Å². The number of nitrogens with zero attached hydrogens (tertiary/aromatic N) is 1. The number of pyridine rings is 1. The van der Waals surface area contributed by atoms with Crippen molar-refractivity contribution in [3.63, 3.8) is 0 Å². The van der Waals surface area contributed by atoms with Crippen molar-refractivity contribution in [1.29, 1.82) is 0 Å². The third-order valence-corrected chi connectivity index (χ3v) is 4.37. The molecule has 3 aromatic rings. The molecule has 28 heavy (non-hydrogen) atoms. The Bertz CT molecular complexity index is 1020. The van der Waals surface area contributed by atoms with Gasteiger partial charge in [0.25, 0.3) is 0 Å². The molecule has 2 aromatic carbocycles. The SMILES string of the molecule is Cc1cc[n+](CC(=O)c2cc(C(F)(F)F)cc(C(F)(F)F)c2)c2ccccc12. The van der Waals surface area contributed by atoms with E-state index in [-0.39, 0.29) is 12.6 Å². The molecule has 3 rings (SSSR count). The molecule has 0 atom stereocenters. The summed E-state index contributed by atoms with van der Waals surface area (Å²) in [7, 11) is 0. The smallest absolute Gasteiger partial charge is 0.287 e. The molecule has 0 spiro atoms. The fraction of sp³-hybridized carbons (Fsp3) is 0.200. The van der Waals surface area contributed by atoms with Gasteiger partial charge in [-0.25, -0.2) is 0 Å². The molecule has 0 aliphatic rings. The molecule has 0 unspecified atom stereocenters. The molecule has 0 N–H and O–H groups in total. The number of benzene rings is 2. The van der Waals surface area contributed by atoms with Crippen LogP contribution >= 0.6 is 0 Å². The first kappa shape index (κ1) is 19.9. The zero-order chi connectivity index (χ0) is 20.7. The summed E-state index contributed by atoms with van der Waals surface area (Å²) in [4.78, 5) is 12.5. The van der Waals surface area contributed by atoms with Crippen molar-refractivity contribution >= 4 is 16.7 Å². The second-order valence-corrected chi connectivity index (χ2v) is 6.36. The van der Waals surface area contributed by atoms with E-state index in [1.807, 2.05) is 13.0 Å². The first-order chi connectivity index (χ1) is 13.0. The molecule has 0 aliphatic carbocycles. The molecule has 0 saturated carbocycles. The highest BCUT2D eigenvalue weighted by Gasteiger charge is 2.37. The van der Waals surface area contributed by atoms with Crippen molar-refractivity contribution in [3.8, 4) is 0 Å². The van der Waals surface area contributed by atoms with Crippen molar-refractivity contribution < 1.29 is 35.7 Å². The third kappa shape index (κ3) is 4.00. The Morgan fingerprint density at radius 1 is 0.893 bits per heavy atom. The quantitative estimate of drug-likeness (QED) is 0.331. The van der Waals surface area contributed by atoms with E-state index >= 15 is 0 Å². The molecule has 2 nitrogen and oxygen atoms in total. The van der Waals surface area contributed by atoms with Crippen LogP contribution in [0.5, 0.6) is 0 Å². The number of ketones is 1. The average molecular weight is 398 g/mol. The van der Waals surface area contributed by atoms with Crippen molar-refractivity contribution in [2.24, 2.45) is 0 Å². The predicted octanol–water partition coefficient (Wildman–Crippen LogP) is 5.36. The Morgan fingerprint density at radius 2 is 1.46 bits per heavy atom. The molecule has 0 fully saturated rings. The number of rotatable bonds is 3. The number of halogens is 6. The van der Waals surface area contributed by atoms with E-state index in [1.165, 1.54) is 4.57 Å². The summed E-state index contributed by atoms with van der Waals surface area (Å²) in [5, 5.41) is 0.831. The lowest BCUT2D eigenvalue weighted by Gasteiger charge is -2.13. The van der Waals surface area contributed by atoms with Gasteiger partial charge in [-0.3, -0.25) is 4.79 Å². The number of Topliss-reactive ketones (excluding diaryl/α,β-unsaturated/α-hetero) is 1. The lowest BCUT2D eigenvalue weighted by molar-refractivity contribution is -0.657. The van der Waals surface area contributed by atoms with E-state index in [0.29, 0.717) is 17.6 Å². The Morgan fingerprint density at radius 3 is 2.04 bits per heavy atom. The maximum atomic E-state index is 13.0. The minimum Gasteiger partial charge on any atom is -0.287 e. The number of hydrogen-bond acceptors (Lipinski definition) is 1. The highest BCUT2D eigenvalue weighted by molar-refractivity contribution is 5.95. The highest BCUT2D eigenvalue weighted by Crippen LogP contribution is 2.36. The summed E-state index contributed by atoms with van der Waals surface area (Å²) in [6.45, 7) is 1.47. The Hall–Kier alpha value is -2.90. The van der Waals surface area contributed by atoms with Gasteiger partial charge in [0.1, 0.15) is 0 Å². The van der Waals surface area contributed by atoms with Gasteiger partial charge in [0.2, 0.25) is 17.8 Å². The minimum absolute atomic E-state index is 0.00516. The first-order valence-electron chi connectivity index (χ1n) is 8.17. The summed E-state index contributed by atoms with van der Waals surface area (Å²) in [5.74, 6) is -0.851. The zero-order valence-corrected chi connectivity index (χ0v) is 14.5. The highest BCUT2D eigenvalue weighted by atomic mass is 19.4. The maximum Gasteiger partial charge on any atom is 0.416 e. The number of fused-ring (bicyclic) bond motifs is 1. The molecule has 0 radical (unpaired) electrons. The fourth-order valence-electron chi connectivity index (χ4n) is 2.93. The van der Waals surface area contributed by atoms with E-state index in [4.69, 9.17) is 0 Å². The van der Waals surface area contributed by atoms with Crippen LogP contribution in [0, 0.1) is 6.92 Å². The molecular formula is C20H14F6NO+. The van der Waals surface area contributed by atoms with Gasteiger partial charge < -0.3 is 0 Å². The van der Waals surface area contributed by atoms with Crippen LogP contribution in [0.25, 0.3) is 10.9 Å². The Balaban J connectivity index is 2.05. The average Bonchev–Trinajstić information content (AvgIpc) is 2.62. The van der Waals surface area contributed by atoms with Gasteiger partial charge in [-0.15, -0.1) is 0 Å². The summed E-state index contributed by atoms with van der Waals surface area (Å²) < 4.78 is 79.5. The van der Waals surface area contributed by atoms with Crippen LogP contribution in [0.2, 0.25) is 0 Å². The van der Waals surface area contributed by atoms with Gasteiger partial charge in [0.15, 0.2) is 6.20 Å². The lowest BCUT2D eigenvalue weighted by atomic mass is 10.0. The number of alkyl halides is 6. The third-order valence-electron chi connectivity index (χ3n) is 4.37. The largest absolute Gasteiger partial charge is 0.416 e. The van der Waals surface area contributed by atoms with Gasteiger partial charge in [-0.05, 0) is 36.8 Å². The Kier molecular flexibility index (Phi) is 4.91. The van der Waals surface area contributed by atoms with Gasteiger partial charge in [0, 0.05) is 23.1 Å². The van der Waals surface area contributed by atoms with Crippen LogP contribution in [-0.2, 0) is 18.9 Å². The van der Waals surface area contributed by atoms with Crippen molar-refractivity contribution in [2.75, 3.05) is 0 Å². The van der Waals surface area contributed by atoms with Crippen molar-refractivity contribution in [2.45, 2.75) is 25.8 Å². The van der Waals surface area contributed by atoms with Crippen LogP contribution in [-0.4, -0.2) is 5.78 Å². The summed E-state index contributed by atoms with van der Waals surface area (Å²) in [5.41, 5.74) is -2.08. The van der Waals surface area contributed by atoms with Crippen LogP contribution in [0.4, 0.5) is 26.3 Å². The predicted molar refractivity (Wildman–Crippen MR) is 89.7 cm³/mol. The monoisotopic (exact) mass is 398 g/mol. The van der Waals surface area contributed by atoms with Gasteiger partial charge in [0.05, 0.1) is 11.1 Å². The molecule has 146 valence electrons. The van der Waals surface area contributed by atoms with Crippen LogP contribution in [0.3, 0.4) is 0 Å². The first-order valence-corrected chi connectivity index (χ1v) is 8.17. The second kappa shape index (κ2) is 6.92. The van der Waals surface area contributed by atoms with E-state index in [0.717, 1.165) is 10.9 Å². The fourth-order valence-corrected chi connectivity index (χ4v) is 2.93. The number of hydrogen-bond donors (Lipinski definition) is 0. The number of para-hydroxylation sites is 1. The molecule has 1 aromatic heterocycles. The molecular weight excluding hydrogens is 384 g/mol. The van der Waals surface area contributed by atoms with Gasteiger partial charge in [-0.2, -0.15) is 30.9 Å². The molecule has 0 amide bonds. The number of carbonyl (C=O) groups excluding carboxylic acids is 1.